The van der Waals surface area contributed by atoms with Gasteiger partial charge in [-0.15, -0.1) is 6.58 Å². The topological polar surface area (TPSA) is 64.7 Å². The molecule has 0 aromatic heterocycles. The standard InChI is InChI=1S/C15H26N4O2/c1-3-4-17-14(20)11-18-5-7-19(8-6-18)15(21)13-10-16-9-12(13)2/h3,12-13,16H,1,4-11H2,2H3,(H,17,20)/t12-,13-/m1/s1. The fourth-order valence-electron chi connectivity index (χ4n) is 2.95. The van der Waals surface area contributed by atoms with Gasteiger partial charge in [-0.25, -0.2) is 0 Å². The second kappa shape index (κ2) is 7.56. The lowest BCUT2D eigenvalue weighted by molar-refractivity contribution is -0.138. The predicted molar refractivity (Wildman–Crippen MR) is 81.8 cm³/mol. The van der Waals surface area contributed by atoms with Crippen LogP contribution in [-0.2, 0) is 9.59 Å². The Kier molecular flexibility index (Phi) is 5.76. The van der Waals surface area contributed by atoms with Crippen LogP contribution >= 0.6 is 0 Å². The summed E-state index contributed by atoms with van der Waals surface area (Å²) in [4.78, 5) is 28.2. The van der Waals surface area contributed by atoms with Crippen molar-refractivity contribution in [2.45, 2.75) is 6.92 Å². The third-order valence-corrected chi connectivity index (χ3v) is 4.33. The van der Waals surface area contributed by atoms with Crippen molar-refractivity contribution in [3.8, 4) is 0 Å². The molecule has 0 spiro atoms. The lowest BCUT2D eigenvalue weighted by atomic mass is 9.96. The SMILES string of the molecule is C=CCNC(=O)CN1CCN(C(=O)[C@@H]2CNC[C@H]2C)CC1. The summed E-state index contributed by atoms with van der Waals surface area (Å²) in [5.74, 6) is 0.819. The molecule has 6 heteroatoms. The molecule has 2 fully saturated rings. The second-order valence-corrected chi connectivity index (χ2v) is 5.94. The summed E-state index contributed by atoms with van der Waals surface area (Å²) in [6, 6.07) is 0. The fraction of sp³-hybridized carbons (Fsp3) is 0.733. The minimum Gasteiger partial charge on any atom is -0.352 e. The zero-order chi connectivity index (χ0) is 15.2. The Hall–Kier alpha value is -1.40. The van der Waals surface area contributed by atoms with Crippen molar-refractivity contribution in [1.29, 1.82) is 0 Å². The van der Waals surface area contributed by atoms with E-state index in [1.165, 1.54) is 0 Å². The van der Waals surface area contributed by atoms with E-state index < -0.39 is 0 Å². The van der Waals surface area contributed by atoms with Crippen LogP contribution in [0.5, 0.6) is 0 Å². The number of amides is 2. The largest absolute Gasteiger partial charge is 0.352 e. The number of nitrogens with one attached hydrogen (secondary N) is 2. The van der Waals surface area contributed by atoms with Crippen molar-refractivity contribution in [2.75, 3.05) is 52.4 Å². The molecule has 2 saturated heterocycles. The van der Waals surface area contributed by atoms with Crippen LogP contribution < -0.4 is 10.6 Å². The molecule has 0 bridgehead atoms. The van der Waals surface area contributed by atoms with E-state index >= 15 is 0 Å². The molecule has 2 aliphatic rings. The molecule has 6 nitrogen and oxygen atoms in total. The lowest BCUT2D eigenvalue weighted by Crippen LogP contribution is -2.53. The molecule has 0 radical (unpaired) electrons. The highest BCUT2D eigenvalue weighted by Crippen LogP contribution is 2.19. The Morgan fingerprint density at radius 1 is 1.29 bits per heavy atom. The Bertz CT molecular complexity index is 391. The zero-order valence-corrected chi connectivity index (χ0v) is 12.8. The van der Waals surface area contributed by atoms with Crippen LogP contribution in [0.1, 0.15) is 6.92 Å². The first kappa shape index (κ1) is 16.0. The molecule has 0 aromatic carbocycles. The summed E-state index contributed by atoms with van der Waals surface area (Å²) in [6.07, 6.45) is 1.67. The molecule has 2 atom stereocenters. The van der Waals surface area contributed by atoms with Gasteiger partial charge in [-0.3, -0.25) is 14.5 Å². The predicted octanol–water partition coefficient (Wildman–Crippen LogP) is -0.712. The summed E-state index contributed by atoms with van der Waals surface area (Å²) >= 11 is 0. The maximum Gasteiger partial charge on any atom is 0.234 e. The van der Waals surface area contributed by atoms with Crippen molar-refractivity contribution in [3.63, 3.8) is 0 Å². The van der Waals surface area contributed by atoms with Crippen molar-refractivity contribution < 1.29 is 9.59 Å². The Morgan fingerprint density at radius 2 is 2.00 bits per heavy atom. The fourth-order valence-corrected chi connectivity index (χ4v) is 2.95. The number of rotatable bonds is 5. The molecule has 0 saturated carbocycles. The number of hydrogen-bond donors (Lipinski definition) is 2. The molecule has 0 unspecified atom stereocenters. The molecule has 0 aliphatic carbocycles. The zero-order valence-electron chi connectivity index (χ0n) is 12.8. The van der Waals surface area contributed by atoms with E-state index in [4.69, 9.17) is 0 Å². The van der Waals surface area contributed by atoms with E-state index in [1.54, 1.807) is 6.08 Å². The highest BCUT2D eigenvalue weighted by Gasteiger charge is 2.34. The van der Waals surface area contributed by atoms with Crippen LogP contribution in [0.15, 0.2) is 12.7 Å². The smallest absolute Gasteiger partial charge is 0.234 e. The normalized spacial score (nSPS) is 26.6. The Labute approximate surface area is 126 Å². The quantitative estimate of drug-likeness (QED) is 0.658. The Morgan fingerprint density at radius 3 is 2.57 bits per heavy atom. The summed E-state index contributed by atoms with van der Waals surface area (Å²) in [7, 11) is 0. The Balaban J connectivity index is 1.74. The van der Waals surface area contributed by atoms with Gasteiger partial charge in [0.05, 0.1) is 12.5 Å². The van der Waals surface area contributed by atoms with E-state index in [2.05, 4.69) is 29.0 Å². The first-order valence-corrected chi connectivity index (χ1v) is 7.71. The maximum atomic E-state index is 12.5. The van der Waals surface area contributed by atoms with Gasteiger partial charge in [0, 0.05) is 39.3 Å². The molecule has 21 heavy (non-hydrogen) atoms. The molecular weight excluding hydrogens is 268 g/mol. The van der Waals surface area contributed by atoms with Crippen LogP contribution in [0.2, 0.25) is 0 Å². The molecule has 0 aromatic rings. The van der Waals surface area contributed by atoms with Gasteiger partial charge >= 0.3 is 0 Å². The number of hydrogen-bond acceptors (Lipinski definition) is 4. The van der Waals surface area contributed by atoms with Crippen LogP contribution in [0.3, 0.4) is 0 Å². The number of piperazine rings is 1. The summed E-state index contributed by atoms with van der Waals surface area (Å²) in [6.45, 7) is 11.3. The summed E-state index contributed by atoms with van der Waals surface area (Å²) in [5.41, 5.74) is 0. The first-order chi connectivity index (χ1) is 10.1. The van der Waals surface area contributed by atoms with Crippen LogP contribution in [0.4, 0.5) is 0 Å². The maximum absolute atomic E-state index is 12.5. The number of nitrogens with zero attached hydrogens (tertiary/aromatic N) is 2. The number of carbonyl (C=O) groups is 2. The van der Waals surface area contributed by atoms with E-state index in [0.29, 0.717) is 19.0 Å². The van der Waals surface area contributed by atoms with Gasteiger partial charge in [0.15, 0.2) is 0 Å². The highest BCUT2D eigenvalue weighted by atomic mass is 16.2. The van der Waals surface area contributed by atoms with E-state index in [-0.39, 0.29) is 17.7 Å². The molecule has 118 valence electrons. The van der Waals surface area contributed by atoms with Crippen molar-refractivity contribution >= 4 is 11.8 Å². The van der Waals surface area contributed by atoms with E-state index in [1.807, 2.05) is 4.90 Å². The third kappa shape index (κ3) is 4.28. The molecule has 2 aliphatic heterocycles. The number of carbonyl (C=O) groups excluding carboxylic acids is 2. The molecular formula is C15H26N4O2. The van der Waals surface area contributed by atoms with Crippen molar-refractivity contribution in [3.05, 3.63) is 12.7 Å². The second-order valence-electron chi connectivity index (χ2n) is 5.94. The van der Waals surface area contributed by atoms with Crippen LogP contribution in [-0.4, -0.2) is 74.0 Å². The van der Waals surface area contributed by atoms with E-state index in [9.17, 15) is 9.59 Å². The van der Waals surface area contributed by atoms with Crippen molar-refractivity contribution in [2.24, 2.45) is 11.8 Å². The van der Waals surface area contributed by atoms with Gasteiger partial charge < -0.3 is 15.5 Å². The first-order valence-electron chi connectivity index (χ1n) is 7.71. The van der Waals surface area contributed by atoms with Gasteiger partial charge in [0.2, 0.25) is 11.8 Å². The minimum absolute atomic E-state index is 0.0169. The van der Waals surface area contributed by atoms with Gasteiger partial charge in [0.1, 0.15) is 0 Å². The summed E-state index contributed by atoms with van der Waals surface area (Å²) < 4.78 is 0. The lowest BCUT2D eigenvalue weighted by Gasteiger charge is -2.36. The molecule has 2 amide bonds. The summed E-state index contributed by atoms with van der Waals surface area (Å²) in [5, 5.41) is 6.05. The highest BCUT2D eigenvalue weighted by molar-refractivity contribution is 5.80. The average molecular weight is 294 g/mol. The molecule has 2 N–H and O–H groups in total. The van der Waals surface area contributed by atoms with Crippen LogP contribution in [0.25, 0.3) is 0 Å². The average Bonchev–Trinajstić information content (AvgIpc) is 2.91. The third-order valence-electron chi connectivity index (χ3n) is 4.33. The van der Waals surface area contributed by atoms with Gasteiger partial charge in [0.25, 0.3) is 0 Å². The van der Waals surface area contributed by atoms with E-state index in [0.717, 1.165) is 39.3 Å². The van der Waals surface area contributed by atoms with Gasteiger partial charge in [-0.05, 0) is 12.5 Å². The molecule has 2 heterocycles. The van der Waals surface area contributed by atoms with Gasteiger partial charge in [-0.1, -0.05) is 13.0 Å². The molecule has 2 rings (SSSR count). The van der Waals surface area contributed by atoms with Gasteiger partial charge in [-0.2, -0.15) is 0 Å². The van der Waals surface area contributed by atoms with Crippen molar-refractivity contribution in [1.82, 2.24) is 20.4 Å². The monoisotopic (exact) mass is 294 g/mol. The van der Waals surface area contributed by atoms with Crippen LogP contribution in [0, 0.1) is 11.8 Å². The minimum atomic E-state index is 0.0169.